The quantitative estimate of drug-likeness (QED) is 0.290. The zero-order valence-corrected chi connectivity index (χ0v) is 23.9. The predicted molar refractivity (Wildman–Crippen MR) is 157 cm³/mol. The molecule has 0 amide bonds. The molecule has 0 aliphatic carbocycles. The van der Waals surface area contributed by atoms with Crippen molar-refractivity contribution in [2.45, 2.75) is 13.0 Å². The van der Waals surface area contributed by atoms with Gasteiger partial charge < -0.3 is 14.6 Å². The van der Waals surface area contributed by atoms with Crippen LogP contribution >= 0.6 is 34.5 Å². The highest BCUT2D eigenvalue weighted by Gasteiger charge is 2.35. The molecule has 4 aromatic rings. The number of aromatic nitrogens is 1. The maximum absolute atomic E-state index is 13.9. The number of carbonyl (C=O) groups excluding carboxylic acids is 1. The summed E-state index contributed by atoms with van der Waals surface area (Å²) in [7, 11) is 0. The van der Waals surface area contributed by atoms with Gasteiger partial charge in [-0.3, -0.25) is 9.36 Å². The molecule has 0 unspecified atom stereocenters. The summed E-state index contributed by atoms with van der Waals surface area (Å²) in [6.45, 7) is 1.27. The van der Waals surface area contributed by atoms with Crippen LogP contribution in [0.1, 0.15) is 29.7 Å². The van der Waals surface area contributed by atoms with E-state index in [9.17, 15) is 14.4 Å². The lowest BCUT2D eigenvalue weighted by molar-refractivity contribution is -0.140. The van der Waals surface area contributed by atoms with E-state index in [1.54, 1.807) is 13.0 Å². The Bertz CT molecular complexity index is 1830. The molecule has 0 fully saturated rings. The second-order valence-electron chi connectivity index (χ2n) is 8.84. The van der Waals surface area contributed by atoms with Crippen molar-refractivity contribution in [2.24, 2.45) is 4.99 Å². The molecule has 1 aliphatic rings. The number of fused-ring (bicyclic) bond motifs is 1. The molecule has 2 heterocycles. The zero-order chi connectivity index (χ0) is 29.1. The molecule has 5 rings (SSSR count). The maximum atomic E-state index is 13.9. The van der Waals surface area contributed by atoms with E-state index in [-0.39, 0.29) is 33.5 Å². The molecule has 11 heteroatoms. The van der Waals surface area contributed by atoms with Crippen LogP contribution in [-0.2, 0) is 14.3 Å². The van der Waals surface area contributed by atoms with Crippen LogP contribution in [-0.4, -0.2) is 34.8 Å². The molecule has 0 saturated heterocycles. The fourth-order valence-corrected chi connectivity index (χ4v) is 6.09. The number of carboxylic acid groups (broad SMARTS) is 1. The van der Waals surface area contributed by atoms with Crippen molar-refractivity contribution < 1.29 is 24.2 Å². The molecule has 1 N–H and O–H groups in total. The predicted octanol–water partition coefficient (Wildman–Crippen LogP) is 4.71. The van der Waals surface area contributed by atoms with Crippen LogP contribution in [0.2, 0.25) is 10.0 Å². The summed E-state index contributed by atoms with van der Waals surface area (Å²) in [5.74, 6) is -1.70. The van der Waals surface area contributed by atoms with Crippen LogP contribution in [0.3, 0.4) is 0 Å². The van der Waals surface area contributed by atoms with Crippen molar-refractivity contribution in [3.63, 3.8) is 0 Å². The molecule has 0 radical (unpaired) electrons. The molecule has 41 heavy (non-hydrogen) atoms. The van der Waals surface area contributed by atoms with Gasteiger partial charge in [-0.05, 0) is 36.3 Å². The monoisotopic (exact) mass is 608 g/mol. The van der Waals surface area contributed by atoms with Gasteiger partial charge in [0.15, 0.2) is 17.2 Å². The van der Waals surface area contributed by atoms with E-state index in [0.29, 0.717) is 26.2 Å². The lowest BCUT2D eigenvalue weighted by Gasteiger charge is -2.25. The SMILES string of the molecule is CCOC(=O)C1=C(c2ccccc2)N=c2s/c(=C\c3cc(Cl)c(OCC(=O)O)c(Cl)c3)c(=O)n2[C@@H]1c1ccccc1. The van der Waals surface area contributed by atoms with Crippen molar-refractivity contribution in [1.82, 2.24) is 4.57 Å². The second kappa shape index (κ2) is 12.1. The lowest BCUT2D eigenvalue weighted by atomic mass is 9.93. The Balaban J connectivity index is 1.73. The molecule has 208 valence electrons. The molecule has 1 aliphatic heterocycles. The normalized spacial score (nSPS) is 14.8. The van der Waals surface area contributed by atoms with Crippen molar-refractivity contribution in [3.8, 4) is 5.75 Å². The zero-order valence-electron chi connectivity index (χ0n) is 21.5. The van der Waals surface area contributed by atoms with E-state index < -0.39 is 24.6 Å². The van der Waals surface area contributed by atoms with Crippen molar-refractivity contribution >= 4 is 58.3 Å². The third-order valence-electron chi connectivity index (χ3n) is 6.15. The fraction of sp³-hybridized carbons (Fsp3) is 0.133. The van der Waals surface area contributed by atoms with Crippen molar-refractivity contribution in [3.05, 3.63) is 125 Å². The first kappa shape index (κ1) is 28.4. The number of rotatable bonds is 8. The van der Waals surface area contributed by atoms with Crippen molar-refractivity contribution in [1.29, 1.82) is 0 Å². The Kier molecular flexibility index (Phi) is 8.39. The fourth-order valence-electron chi connectivity index (χ4n) is 4.48. The molecule has 8 nitrogen and oxygen atoms in total. The number of hydrogen-bond acceptors (Lipinski definition) is 7. The third-order valence-corrected chi connectivity index (χ3v) is 7.69. The van der Waals surface area contributed by atoms with Gasteiger partial charge in [-0.15, -0.1) is 0 Å². The van der Waals surface area contributed by atoms with Gasteiger partial charge in [-0.25, -0.2) is 14.6 Å². The molecule has 0 saturated carbocycles. The molecular weight excluding hydrogens is 587 g/mol. The highest BCUT2D eigenvalue weighted by atomic mass is 35.5. The number of ether oxygens (including phenoxy) is 2. The Morgan fingerprint density at radius 2 is 1.68 bits per heavy atom. The largest absolute Gasteiger partial charge is 0.479 e. The Labute approximate surface area is 248 Å². The minimum Gasteiger partial charge on any atom is -0.479 e. The summed E-state index contributed by atoms with van der Waals surface area (Å²) in [6.07, 6.45) is 1.61. The molecule has 0 bridgehead atoms. The van der Waals surface area contributed by atoms with Gasteiger partial charge in [-0.1, -0.05) is 95.2 Å². The first-order chi connectivity index (χ1) is 19.8. The van der Waals surface area contributed by atoms with E-state index >= 15 is 0 Å². The summed E-state index contributed by atoms with van der Waals surface area (Å²) >= 11 is 13.8. The number of nitrogens with zero attached hydrogens (tertiary/aromatic N) is 2. The van der Waals surface area contributed by atoms with Gasteiger partial charge >= 0.3 is 11.9 Å². The number of hydrogen-bond donors (Lipinski definition) is 1. The number of aliphatic carboxylic acids is 1. The van der Waals surface area contributed by atoms with Crippen LogP contribution < -0.4 is 19.6 Å². The van der Waals surface area contributed by atoms with Gasteiger partial charge in [-0.2, -0.15) is 0 Å². The summed E-state index contributed by atoms with van der Waals surface area (Å²) in [6, 6.07) is 20.8. The molecule has 0 spiro atoms. The van der Waals surface area contributed by atoms with Gasteiger partial charge in [0.1, 0.15) is 0 Å². The van der Waals surface area contributed by atoms with Crippen LogP contribution in [0.25, 0.3) is 11.8 Å². The number of benzene rings is 3. The van der Waals surface area contributed by atoms with Gasteiger partial charge in [0.05, 0.1) is 38.5 Å². The van der Waals surface area contributed by atoms with Gasteiger partial charge in [0, 0.05) is 5.56 Å². The van der Waals surface area contributed by atoms with E-state index in [1.807, 2.05) is 60.7 Å². The number of halogens is 2. The topological polar surface area (TPSA) is 107 Å². The van der Waals surface area contributed by atoms with E-state index in [1.165, 1.54) is 16.7 Å². The van der Waals surface area contributed by atoms with Crippen LogP contribution in [0.15, 0.2) is 88.2 Å². The van der Waals surface area contributed by atoms with Crippen molar-refractivity contribution in [2.75, 3.05) is 13.2 Å². The summed E-state index contributed by atoms with van der Waals surface area (Å²) in [4.78, 5) is 43.5. The second-order valence-corrected chi connectivity index (χ2v) is 10.7. The number of thiazole rings is 1. The van der Waals surface area contributed by atoms with Crippen LogP contribution in [0, 0.1) is 0 Å². The third kappa shape index (κ3) is 5.83. The first-order valence-electron chi connectivity index (χ1n) is 12.5. The van der Waals surface area contributed by atoms with E-state index in [4.69, 9.17) is 42.8 Å². The molecule has 3 aromatic carbocycles. The first-order valence-corrected chi connectivity index (χ1v) is 14.0. The molecule has 1 aromatic heterocycles. The number of carbonyl (C=O) groups is 2. The van der Waals surface area contributed by atoms with Crippen LogP contribution in [0.4, 0.5) is 0 Å². The van der Waals surface area contributed by atoms with E-state index in [0.717, 1.165) is 16.9 Å². The highest BCUT2D eigenvalue weighted by Crippen LogP contribution is 2.36. The van der Waals surface area contributed by atoms with E-state index in [2.05, 4.69) is 0 Å². The highest BCUT2D eigenvalue weighted by molar-refractivity contribution is 7.07. The Morgan fingerprint density at radius 3 is 2.29 bits per heavy atom. The maximum Gasteiger partial charge on any atom is 0.341 e. The molecule has 1 atom stereocenters. The van der Waals surface area contributed by atoms with Gasteiger partial charge in [0.25, 0.3) is 5.56 Å². The average molecular weight is 609 g/mol. The lowest BCUT2D eigenvalue weighted by Crippen LogP contribution is -2.39. The minimum absolute atomic E-state index is 0.0324. The summed E-state index contributed by atoms with van der Waals surface area (Å²) in [5.41, 5.74) is 2.25. The number of carboxylic acids is 1. The Morgan fingerprint density at radius 1 is 1.05 bits per heavy atom. The van der Waals surface area contributed by atoms with Crippen LogP contribution in [0.5, 0.6) is 5.75 Å². The average Bonchev–Trinajstić information content (AvgIpc) is 3.26. The molecular formula is C30H22Cl2N2O6S. The summed E-state index contributed by atoms with van der Waals surface area (Å²) in [5, 5.41) is 9.09. The standard InChI is InChI=1S/C30H22Cl2N2O6S/c1-2-39-29(38)24-25(18-9-5-3-6-10-18)33-30-34(26(24)19-11-7-4-8-12-19)28(37)22(41-30)15-17-13-20(31)27(21(32)14-17)40-16-23(35)36/h3-15,26H,2,16H2,1H3,(H,35,36)/b22-15-/t26-/m1/s1. The van der Waals surface area contributed by atoms with Gasteiger partial charge in [0.2, 0.25) is 0 Å². The number of esters is 1. The Hall–Kier alpha value is -4.18. The minimum atomic E-state index is -1.17. The smallest absolute Gasteiger partial charge is 0.341 e. The summed E-state index contributed by atoms with van der Waals surface area (Å²) < 4.78 is 12.5.